The van der Waals surface area contributed by atoms with Crippen molar-refractivity contribution in [3.63, 3.8) is 0 Å². The summed E-state index contributed by atoms with van der Waals surface area (Å²) in [5.74, 6) is -1.23. The number of nitrogens with zero attached hydrogens (tertiary/aromatic N) is 1. The van der Waals surface area contributed by atoms with Crippen LogP contribution in [-0.4, -0.2) is 57.0 Å². The van der Waals surface area contributed by atoms with Crippen LogP contribution in [0.25, 0.3) is 0 Å². The Kier molecular flexibility index (Phi) is 7.09. The normalized spacial score (nSPS) is 15.9. The Morgan fingerprint density at radius 2 is 1.67 bits per heavy atom. The third kappa shape index (κ3) is 5.37. The highest BCUT2D eigenvalue weighted by molar-refractivity contribution is 7.89. The van der Waals surface area contributed by atoms with Crippen LogP contribution in [0, 0.1) is 0 Å². The molecular formula is C20H21ClN2O6S. The summed E-state index contributed by atoms with van der Waals surface area (Å²) in [7, 11) is -3.65. The Hall–Kier alpha value is -2.46. The summed E-state index contributed by atoms with van der Waals surface area (Å²) in [5.41, 5.74) is 0.659. The molecule has 1 aliphatic heterocycles. The molecule has 1 heterocycles. The third-order valence-corrected chi connectivity index (χ3v) is 6.63. The lowest BCUT2D eigenvalue weighted by atomic mass is 10.2. The van der Waals surface area contributed by atoms with E-state index in [0.29, 0.717) is 23.9 Å². The number of amides is 1. The maximum atomic E-state index is 12.6. The number of nitrogens with one attached hydrogen (secondary N) is 1. The van der Waals surface area contributed by atoms with Crippen molar-refractivity contribution in [3.05, 3.63) is 59.1 Å². The Morgan fingerprint density at radius 1 is 1.07 bits per heavy atom. The van der Waals surface area contributed by atoms with Gasteiger partial charge in [0, 0.05) is 23.8 Å². The fourth-order valence-corrected chi connectivity index (χ4v) is 4.29. The van der Waals surface area contributed by atoms with Gasteiger partial charge in [0.05, 0.1) is 23.7 Å². The highest BCUT2D eigenvalue weighted by atomic mass is 35.5. The van der Waals surface area contributed by atoms with Crippen molar-refractivity contribution < 1.29 is 27.5 Å². The summed E-state index contributed by atoms with van der Waals surface area (Å²) in [6.07, 6.45) is -1.05. The minimum Gasteiger partial charge on any atom is -0.449 e. The van der Waals surface area contributed by atoms with Gasteiger partial charge in [0.15, 0.2) is 6.10 Å². The summed E-state index contributed by atoms with van der Waals surface area (Å²) >= 11 is 5.80. The van der Waals surface area contributed by atoms with Crippen LogP contribution >= 0.6 is 11.6 Å². The second-order valence-corrected chi connectivity index (χ2v) is 8.96. The second-order valence-electron chi connectivity index (χ2n) is 6.58. The van der Waals surface area contributed by atoms with Gasteiger partial charge in [0.25, 0.3) is 5.91 Å². The van der Waals surface area contributed by atoms with E-state index < -0.39 is 28.0 Å². The maximum absolute atomic E-state index is 12.6. The molecule has 0 aliphatic carbocycles. The number of sulfonamides is 1. The third-order valence-electron chi connectivity index (χ3n) is 4.46. The van der Waals surface area contributed by atoms with Gasteiger partial charge in [-0.05, 0) is 55.5 Å². The number of hydrogen-bond donors (Lipinski definition) is 1. The topological polar surface area (TPSA) is 102 Å². The molecule has 8 nitrogen and oxygen atoms in total. The number of ether oxygens (including phenoxy) is 2. The highest BCUT2D eigenvalue weighted by Gasteiger charge is 2.26. The maximum Gasteiger partial charge on any atom is 0.338 e. The Labute approximate surface area is 179 Å². The first-order valence-corrected chi connectivity index (χ1v) is 11.0. The summed E-state index contributed by atoms with van der Waals surface area (Å²) in [4.78, 5) is 24.6. The molecule has 10 heteroatoms. The molecule has 2 aromatic carbocycles. The average Bonchev–Trinajstić information content (AvgIpc) is 2.76. The molecule has 0 saturated carbocycles. The number of halogens is 1. The zero-order valence-corrected chi connectivity index (χ0v) is 17.8. The van der Waals surface area contributed by atoms with E-state index in [2.05, 4.69) is 5.32 Å². The first kappa shape index (κ1) is 22.2. The summed E-state index contributed by atoms with van der Waals surface area (Å²) in [5, 5.41) is 3.16. The molecule has 0 spiro atoms. The number of benzene rings is 2. The van der Waals surface area contributed by atoms with Gasteiger partial charge < -0.3 is 14.8 Å². The average molecular weight is 453 g/mol. The number of carbonyl (C=O) groups is 2. The van der Waals surface area contributed by atoms with Crippen molar-refractivity contribution in [2.45, 2.75) is 17.9 Å². The van der Waals surface area contributed by atoms with Crippen LogP contribution in [0.4, 0.5) is 5.69 Å². The molecule has 0 bridgehead atoms. The van der Waals surface area contributed by atoms with E-state index in [1.807, 2.05) is 0 Å². The van der Waals surface area contributed by atoms with Crippen LogP contribution in [0.3, 0.4) is 0 Å². The zero-order chi connectivity index (χ0) is 21.7. The first-order valence-electron chi connectivity index (χ1n) is 9.23. The SMILES string of the molecule is CC(OC(=O)c1ccc(S(=O)(=O)N2CCOCC2)cc1)C(=O)Nc1ccc(Cl)cc1. The Balaban J connectivity index is 1.61. The predicted molar refractivity (Wildman–Crippen MR) is 111 cm³/mol. The lowest BCUT2D eigenvalue weighted by Crippen LogP contribution is -2.40. The Bertz CT molecular complexity index is 1000. The van der Waals surface area contributed by atoms with Crippen LogP contribution in [-0.2, 0) is 24.3 Å². The molecule has 1 saturated heterocycles. The minimum absolute atomic E-state index is 0.0782. The van der Waals surface area contributed by atoms with Gasteiger partial charge in [-0.2, -0.15) is 4.31 Å². The molecule has 1 fully saturated rings. The van der Waals surface area contributed by atoms with Crippen molar-refractivity contribution in [1.82, 2.24) is 4.31 Å². The molecule has 0 aromatic heterocycles. The quantitative estimate of drug-likeness (QED) is 0.676. The van der Waals surface area contributed by atoms with Crippen LogP contribution in [0.2, 0.25) is 5.02 Å². The number of rotatable bonds is 6. The standard InChI is InChI=1S/C20H21ClN2O6S/c1-14(19(24)22-17-6-4-16(21)5-7-17)29-20(25)15-2-8-18(9-3-15)30(26,27)23-10-12-28-13-11-23/h2-9,14H,10-13H2,1H3,(H,22,24). The number of esters is 1. The van der Waals surface area contributed by atoms with Crippen molar-refractivity contribution in [1.29, 1.82) is 0 Å². The number of hydrogen-bond acceptors (Lipinski definition) is 6. The molecule has 3 rings (SSSR count). The molecule has 2 aromatic rings. The summed E-state index contributed by atoms with van der Waals surface area (Å²) in [6.45, 7) is 2.71. The zero-order valence-electron chi connectivity index (χ0n) is 16.2. The van der Waals surface area contributed by atoms with Gasteiger partial charge >= 0.3 is 5.97 Å². The van der Waals surface area contributed by atoms with E-state index in [1.165, 1.54) is 35.5 Å². The molecule has 1 N–H and O–H groups in total. The number of carbonyl (C=O) groups excluding carboxylic acids is 2. The molecule has 1 amide bonds. The second kappa shape index (κ2) is 9.57. The van der Waals surface area contributed by atoms with Gasteiger partial charge in [-0.15, -0.1) is 0 Å². The van der Waals surface area contributed by atoms with Gasteiger partial charge in [-0.1, -0.05) is 11.6 Å². The van der Waals surface area contributed by atoms with Crippen LogP contribution < -0.4 is 5.32 Å². The molecule has 1 atom stereocenters. The van der Waals surface area contributed by atoms with E-state index in [4.69, 9.17) is 21.1 Å². The van der Waals surface area contributed by atoms with E-state index in [1.54, 1.807) is 24.3 Å². The molecule has 160 valence electrons. The molecule has 30 heavy (non-hydrogen) atoms. The van der Waals surface area contributed by atoms with Gasteiger partial charge in [0.2, 0.25) is 10.0 Å². The first-order chi connectivity index (χ1) is 14.3. The summed E-state index contributed by atoms with van der Waals surface area (Å²) < 4.78 is 36.9. The largest absolute Gasteiger partial charge is 0.449 e. The summed E-state index contributed by atoms with van der Waals surface area (Å²) in [6, 6.07) is 11.9. The monoisotopic (exact) mass is 452 g/mol. The van der Waals surface area contributed by atoms with Crippen LogP contribution in [0.15, 0.2) is 53.4 Å². The molecule has 1 aliphatic rings. The van der Waals surface area contributed by atoms with Crippen LogP contribution in [0.1, 0.15) is 17.3 Å². The van der Waals surface area contributed by atoms with E-state index >= 15 is 0 Å². The lowest BCUT2D eigenvalue weighted by Gasteiger charge is -2.26. The smallest absolute Gasteiger partial charge is 0.338 e. The van der Waals surface area contributed by atoms with Gasteiger partial charge in [-0.25, -0.2) is 13.2 Å². The van der Waals surface area contributed by atoms with Gasteiger partial charge in [-0.3, -0.25) is 4.79 Å². The van der Waals surface area contributed by atoms with Crippen LogP contribution in [0.5, 0.6) is 0 Å². The van der Waals surface area contributed by atoms with Crippen molar-refractivity contribution in [3.8, 4) is 0 Å². The lowest BCUT2D eigenvalue weighted by molar-refractivity contribution is -0.123. The Morgan fingerprint density at radius 3 is 2.27 bits per heavy atom. The minimum atomic E-state index is -3.65. The van der Waals surface area contributed by atoms with Crippen molar-refractivity contribution >= 4 is 39.2 Å². The number of anilines is 1. The number of morpholine rings is 1. The fraction of sp³-hybridized carbons (Fsp3) is 0.300. The van der Waals surface area contributed by atoms with Gasteiger partial charge in [0.1, 0.15) is 0 Å². The molecule has 0 radical (unpaired) electrons. The fourth-order valence-electron chi connectivity index (χ4n) is 2.76. The van der Waals surface area contributed by atoms with E-state index in [9.17, 15) is 18.0 Å². The van der Waals surface area contributed by atoms with Crippen molar-refractivity contribution in [2.24, 2.45) is 0 Å². The molecule has 1 unspecified atom stereocenters. The van der Waals surface area contributed by atoms with E-state index in [0.717, 1.165) is 0 Å². The highest BCUT2D eigenvalue weighted by Crippen LogP contribution is 2.19. The van der Waals surface area contributed by atoms with Crippen molar-refractivity contribution in [2.75, 3.05) is 31.6 Å². The molecular weight excluding hydrogens is 432 g/mol. The van der Waals surface area contributed by atoms with E-state index in [-0.39, 0.29) is 23.5 Å². The predicted octanol–water partition coefficient (Wildman–Crippen LogP) is 2.54.